The number of hydrogen-bond acceptors (Lipinski definition) is 3. The molecular formula is C24H18BrClN2O2. The van der Waals surface area contributed by atoms with Crippen molar-refractivity contribution in [3.8, 4) is 11.8 Å². The van der Waals surface area contributed by atoms with Gasteiger partial charge < -0.3 is 10.1 Å². The van der Waals surface area contributed by atoms with Gasteiger partial charge in [0.15, 0.2) is 0 Å². The van der Waals surface area contributed by atoms with Crippen molar-refractivity contribution in [2.75, 3.05) is 5.32 Å². The molecule has 150 valence electrons. The largest absolute Gasteiger partial charge is 0.487 e. The van der Waals surface area contributed by atoms with Gasteiger partial charge >= 0.3 is 0 Å². The van der Waals surface area contributed by atoms with Crippen LogP contribution in [0.25, 0.3) is 6.08 Å². The van der Waals surface area contributed by atoms with Crippen molar-refractivity contribution in [2.24, 2.45) is 0 Å². The van der Waals surface area contributed by atoms with Gasteiger partial charge in [0.05, 0.1) is 5.02 Å². The summed E-state index contributed by atoms with van der Waals surface area (Å²) in [6.07, 6.45) is 1.49. The van der Waals surface area contributed by atoms with Crippen LogP contribution in [0, 0.1) is 18.3 Å². The second kappa shape index (κ2) is 10.1. The molecule has 0 aromatic heterocycles. The third-order valence-corrected chi connectivity index (χ3v) is 5.07. The van der Waals surface area contributed by atoms with Crippen LogP contribution in [0.2, 0.25) is 5.02 Å². The monoisotopic (exact) mass is 480 g/mol. The summed E-state index contributed by atoms with van der Waals surface area (Å²) in [6.45, 7) is 2.43. The predicted octanol–water partition coefficient (Wildman–Crippen LogP) is 6.54. The molecule has 0 saturated heterocycles. The van der Waals surface area contributed by atoms with Gasteiger partial charge in [0.1, 0.15) is 24.0 Å². The van der Waals surface area contributed by atoms with E-state index in [4.69, 9.17) is 16.3 Å². The average Bonchev–Trinajstić information content (AvgIpc) is 2.74. The van der Waals surface area contributed by atoms with Crippen LogP contribution in [-0.4, -0.2) is 5.91 Å². The summed E-state index contributed by atoms with van der Waals surface area (Å²) in [6, 6.07) is 22.2. The van der Waals surface area contributed by atoms with Gasteiger partial charge in [-0.15, -0.1) is 0 Å². The molecule has 0 bridgehead atoms. The highest BCUT2D eigenvalue weighted by Gasteiger charge is 2.11. The van der Waals surface area contributed by atoms with Crippen LogP contribution >= 0.6 is 27.5 Å². The number of anilines is 1. The van der Waals surface area contributed by atoms with Gasteiger partial charge in [0, 0.05) is 10.2 Å². The molecule has 3 rings (SSSR count). The molecule has 0 heterocycles. The molecule has 0 unspecified atom stereocenters. The first-order valence-electron chi connectivity index (χ1n) is 9.11. The summed E-state index contributed by atoms with van der Waals surface area (Å²) in [5.41, 5.74) is 3.43. The van der Waals surface area contributed by atoms with E-state index in [0.717, 1.165) is 10.0 Å². The van der Waals surface area contributed by atoms with Crippen LogP contribution in [0.15, 0.2) is 76.8 Å². The number of amides is 1. The van der Waals surface area contributed by atoms with Gasteiger partial charge in [-0.1, -0.05) is 63.4 Å². The van der Waals surface area contributed by atoms with Crippen molar-refractivity contribution in [3.05, 3.63) is 98.5 Å². The average molecular weight is 482 g/mol. The summed E-state index contributed by atoms with van der Waals surface area (Å²) < 4.78 is 6.68. The summed E-state index contributed by atoms with van der Waals surface area (Å²) in [5, 5.41) is 12.5. The molecule has 30 heavy (non-hydrogen) atoms. The number of nitriles is 1. The fraction of sp³-hybridized carbons (Fsp3) is 0.0833. The van der Waals surface area contributed by atoms with E-state index in [0.29, 0.717) is 28.6 Å². The number of ether oxygens (including phenoxy) is 1. The normalized spacial score (nSPS) is 10.9. The third-order valence-electron chi connectivity index (χ3n) is 4.25. The second-order valence-corrected chi connectivity index (χ2v) is 7.92. The molecule has 0 radical (unpaired) electrons. The van der Waals surface area contributed by atoms with E-state index in [-0.39, 0.29) is 5.57 Å². The van der Waals surface area contributed by atoms with Gasteiger partial charge in [0.2, 0.25) is 0 Å². The SMILES string of the molecule is Cc1ccc(COc2ccc(/C=C(\C#N)C(=O)Nc3ccc(Br)cc3)cc2Cl)cc1. The lowest BCUT2D eigenvalue weighted by molar-refractivity contribution is -0.112. The van der Waals surface area contributed by atoms with E-state index in [2.05, 4.69) is 21.2 Å². The fourth-order valence-corrected chi connectivity index (χ4v) is 3.12. The summed E-state index contributed by atoms with van der Waals surface area (Å²) in [4.78, 5) is 12.4. The minimum absolute atomic E-state index is 0.0256. The molecule has 4 nitrogen and oxygen atoms in total. The molecule has 1 amide bonds. The standard InChI is InChI=1S/C24H18BrClN2O2/c1-16-2-4-17(5-3-16)15-30-23-11-6-18(13-22(23)26)12-19(14-27)24(29)28-21-9-7-20(25)8-10-21/h2-13H,15H2,1H3,(H,28,29)/b19-12+. The van der Waals surface area contributed by atoms with Gasteiger partial charge in [-0.3, -0.25) is 4.79 Å². The summed E-state index contributed by atoms with van der Waals surface area (Å²) >= 11 is 9.67. The van der Waals surface area contributed by atoms with E-state index < -0.39 is 5.91 Å². The molecule has 0 atom stereocenters. The topological polar surface area (TPSA) is 62.1 Å². The van der Waals surface area contributed by atoms with Crippen molar-refractivity contribution in [2.45, 2.75) is 13.5 Å². The molecule has 1 N–H and O–H groups in total. The molecule has 0 spiro atoms. The number of nitrogens with one attached hydrogen (secondary N) is 1. The fourth-order valence-electron chi connectivity index (χ4n) is 2.62. The number of aryl methyl sites for hydroxylation is 1. The Morgan fingerprint density at radius 2 is 1.83 bits per heavy atom. The Hall–Kier alpha value is -3.07. The maximum Gasteiger partial charge on any atom is 0.266 e. The Morgan fingerprint density at radius 1 is 1.13 bits per heavy atom. The van der Waals surface area contributed by atoms with Gasteiger partial charge in [0.25, 0.3) is 5.91 Å². The highest BCUT2D eigenvalue weighted by atomic mass is 79.9. The molecule has 3 aromatic rings. The second-order valence-electron chi connectivity index (χ2n) is 6.59. The third kappa shape index (κ3) is 5.96. The first-order valence-corrected chi connectivity index (χ1v) is 10.3. The number of nitrogens with zero attached hydrogens (tertiary/aromatic N) is 1. The van der Waals surface area contributed by atoms with Crippen LogP contribution in [0.5, 0.6) is 5.75 Å². The van der Waals surface area contributed by atoms with Crippen LogP contribution in [-0.2, 0) is 11.4 Å². The van der Waals surface area contributed by atoms with Crippen molar-refractivity contribution in [1.29, 1.82) is 5.26 Å². The van der Waals surface area contributed by atoms with Crippen LogP contribution in [0.1, 0.15) is 16.7 Å². The lowest BCUT2D eigenvalue weighted by Crippen LogP contribution is -2.13. The van der Waals surface area contributed by atoms with E-state index in [1.807, 2.05) is 37.3 Å². The quantitative estimate of drug-likeness (QED) is 0.321. The van der Waals surface area contributed by atoms with Crippen molar-refractivity contribution < 1.29 is 9.53 Å². The Balaban J connectivity index is 1.69. The van der Waals surface area contributed by atoms with E-state index >= 15 is 0 Å². The lowest BCUT2D eigenvalue weighted by atomic mass is 10.1. The predicted molar refractivity (Wildman–Crippen MR) is 123 cm³/mol. The Labute approximate surface area is 188 Å². The first kappa shape index (κ1) is 21.6. The maximum atomic E-state index is 12.4. The van der Waals surface area contributed by atoms with Gasteiger partial charge in [-0.05, 0) is 60.5 Å². The van der Waals surface area contributed by atoms with Crippen molar-refractivity contribution in [1.82, 2.24) is 0 Å². The zero-order chi connectivity index (χ0) is 21.5. The molecule has 0 aliphatic carbocycles. The number of benzene rings is 3. The maximum absolute atomic E-state index is 12.4. The van der Waals surface area contributed by atoms with Crippen LogP contribution in [0.3, 0.4) is 0 Å². The number of hydrogen-bond donors (Lipinski definition) is 1. The summed E-state index contributed by atoms with van der Waals surface area (Å²) in [7, 11) is 0. The van der Waals surface area contributed by atoms with E-state index in [1.165, 1.54) is 11.6 Å². The van der Waals surface area contributed by atoms with Crippen LogP contribution < -0.4 is 10.1 Å². The molecule has 0 fully saturated rings. The van der Waals surface area contributed by atoms with Crippen molar-refractivity contribution in [3.63, 3.8) is 0 Å². The Bertz CT molecular complexity index is 1120. The van der Waals surface area contributed by atoms with Gasteiger partial charge in [-0.2, -0.15) is 5.26 Å². The van der Waals surface area contributed by atoms with Gasteiger partial charge in [-0.25, -0.2) is 0 Å². The van der Waals surface area contributed by atoms with Crippen LogP contribution in [0.4, 0.5) is 5.69 Å². The smallest absolute Gasteiger partial charge is 0.266 e. The molecule has 3 aromatic carbocycles. The molecule has 0 saturated carbocycles. The first-order chi connectivity index (χ1) is 14.4. The molecule has 0 aliphatic heterocycles. The molecule has 0 aliphatic rings. The highest BCUT2D eigenvalue weighted by molar-refractivity contribution is 9.10. The number of carbonyl (C=O) groups is 1. The van der Waals surface area contributed by atoms with Crippen molar-refractivity contribution >= 4 is 45.2 Å². The van der Waals surface area contributed by atoms with E-state index in [9.17, 15) is 10.1 Å². The Morgan fingerprint density at radius 3 is 2.47 bits per heavy atom. The number of rotatable bonds is 6. The minimum atomic E-state index is -0.490. The Kier molecular flexibility index (Phi) is 7.29. The molecular weight excluding hydrogens is 464 g/mol. The molecule has 6 heteroatoms. The number of carbonyl (C=O) groups excluding carboxylic acids is 1. The zero-order valence-electron chi connectivity index (χ0n) is 16.2. The zero-order valence-corrected chi connectivity index (χ0v) is 18.5. The minimum Gasteiger partial charge on any atom is -0.487 e. The van der Waals surface area contributed by atoms with E-state index in [1.54, 1.807) is 42.5 Å². The lowest BCUT2D eigenvalue weighted by Gasteiger charge is -2.09. The number of halogens is 2. The highest BCUT2D eigenvalue weighted by Crippen LogP contribution is 2.27. The summed E-state index contributed by atoms with van der Waals surface area (Å²) in [5.74, 6) is 0.0443.